The van der Waals surface area contributed by atoms with Crippen LogP contribution < -0.4 is 0 Å². The fourth-order valence-corrected chi connectivity index (χ4v) is 2.61. The summed E-state index contributed by atoms with van der Waals surface area (Å²) in [5.74, 6) is 0. The first-order valence-electron chi connectivity index (χ1n) is 6.56. The van der Waals surface area contributed by atoms with Crippen LogP contribution in [0.5, 0.6) is 0 Å². The van der Waals surface area contributed by atoms with Gasteiger partial charge in [-0.2, -0.15) is 0 Å². The van der Waals surface area contributed by atoms with Crippen LogP contribution in [-0.4, -0.2) is 13.3 Å². The third kappa shape index (κ3) is 3.69. The van der Waals surface area contributed by atoms with Gasteiger partial charge >= 0.3 is 0 Å². The molecule has 0 bridgehead atoms. The third-order valence-corrected chi connectivity index (χ3v) is 3.71. The van der Waals surface area contributed by atoms with Crippen molar-refractivity contribution in [3.63, 3.8) is 0 Å². The van der Waals surface area contributed by atoms with E-state index in [2.05, 4.69) is 43.6 Å². The molecule has 1 nitrogen and oxygen atoms in total. The minimum absolute atomic E-state index is 0.332. The smallest absolute Gasteiger partial charge is 0.0273 e. The Morgan fingerprint density at radius 3 is 2.88 bits per heavy atom. The average Bonchev–Trinajstić information content (AvgIpc) is 2.59. The maximum absolute atomic E-state index is 4.20. The van der Waals surface area contributed by atoms with E-state index >= 15 is 0 Å². The first-order chi connectivity index (χ1) is 8.14. The fourth-order valence-electron chi connectivity index (χ4n) is 2.61. The van der Waals surface area contributed by atoms with Crippen LogP contribution in [0.1, 0.15) is 46.0 Å². The van der Waals surface area contributed by atoms with Crippen LogP contribution in [0.4, 0.5) is 0 Å². The van der Waals surface area contributed by atoms with Crippen molar-refractivity contribution < 1.29 is 0 Å². The Hall–Kier alpha value is -1.11. The molecule has 0 aliphatic heterocycles. The van der Waals surface area contributed by atoms with E-state index in [4.69, 9.17) is 0 Å². The minimum atomic E-state index is 0.332. The highest BCUT2D eigenvalue weighted by atomic mass is 14.6. The zero-order chi connectivity index (χ0) is 12.7. The molecule has 0 aromatic carbocycles. The molecule has 0 amide bonds. The number of aliphatic imine (C=N–C) groups is 1. The molecule has 1 atom stereocenters. The molecule has 0 aromatic heterocycles. The predicted octanol–water partition coefficient (Wildman–Crippen LogP) is 4.72. The molecule has 0 saturated heterocycles. The van der Waals surface area contributed by atoms with Gasteiger partial charge in [0.15, 0.2) is 0 Å². The van der Waals surface area contributed by atoms with E-state index in [-0.39, 0.29) is 0 Å². The number of allylic oxidation sites excluding steroid dienone is 5. The normalized spacial score (nSPS) is 27.9. The van der Waals surface area contributed by atoms with E-state index in [0.29, 0.717) is 5.41 Å². The van der Waals surface area contributed by atoms with Gasteiger partial charge in [-0.25, -0.2) is 0 Å². The molecule has 1 heteroatoms. The van der Waals surface area contributed by atoms with E-state index < -0.39 is 0 Å². The molecule has 1 aliphatic rings. The summed E-state index contributed by atoms with van der Waals surface area (Å²) in [5, 5.41) is 0. The van der Waals surface area contributed by atoms with Gasteiger partial charge in [0.2, 0.25) is 0 Å². The number of hydrogen-bond acceptors (Lipinski definition) is 1. The number of hydrogen-bond donors (Lipinski definition) is 0. The van der Waals surface area contributed by atoms with Gasteiger partial charge in [-0.05, 0) is 56.2 Å². The number of nitrogens with zero attached hydrogens (tertiary/aromatic N) is 1. The lowest BCUT2D eigenvalue weighted by Crippen LogP contribution is -2.14. The summed E-state index contributed by atoms with van der Waals surface area (Å²) >= 11 is 0. The first-order valence-corrected chi connectivity index (χ1v) is 6.56. The maximum atomic E-state index is 4.20. The maximum Gasteiger partial charge on any atom is 0.0273 e. The van der Waals surface area contributed by atoms with Crippen molar-refractivity contribution in [2.45, 2.75) is 46.0 Å². The van der Waals surface area contributed by atoms with Gasteiger partial charge < -0.3 is 4.99 Å². The summed E-state index contributed by atoms with van der Waals surface area (Å²) in [7, 11) is 1.84. The van der Waals surface area contributed by atoms with Gasteiger partial charge in [0, 0.05) is 7.05 Å². The van der Waals surface area contributed by atoms with Crippen LogP contribution >= 0.6 is 0 Å². The molecule has 0 heterocycles. The molecule has 1 unspecified atom stereocenters. The van der Waals surface area contributed by atoms with Crippen molar-refractivity contribution in [2.24, 2.45) is 10.4 Å². The quantitative estimate of drug-likeness (QED) is 0.480. The molecule has 17 heavy (non-hydrogen) atoms. The summed E-state index contributed by atoms with van der Waals surface area (Å²) in [6.45, 7) is 8.64. The van der Waals surface area contributed by atoms with Crippen molar-refractivity contribution in [2.75, 3.05) is 7.05 Å². The summed E-state index contributed by atoms with van der Waals surface area (Å²) in [5.41, 5.74) is 3.12. The van der Waals surface area contributed by atoms with Crippen LogP contribution in [0, 0.1) is 5.41 Å². The lowest BCUT2D eigenvalue weighted by molar-refractivity contribution is 0.368. The second-order valence-electron chi connectivity index (χ2n) is 5.10. The van der Waals surface area contributed by atoms with Gasteiger partial charge in [0.25, 0.3) is 0 Å². The Kier molecular flexibility index (Phi) is 5.40. The number of rotatable bonds is 5. The lowest BCUT2D eigenvalue weighted by atomic mass is 9.79. The Morgan fingerprint density at radius 1 is 1.47 bits per heavy atom. The van der Waals surface area contributed by atoms with Crippen LogP contribution in [0.2, 0.25) is 0 Å². The highest BCUT2D eigenvalue weighted by Crippen LogP contribution is 2.48. The molecular formula is C16H25N. The first kappa shape index (κ1) is 14.0. The third-order valence-electron chi connectivity index (χ3n) is 3.71. The van der Waals surface area contributed by atoms with E-state index in [1.807, 2.05) is 13.3 Å². The van der Waals surface area contributed by atoms with Crippen molar-refractivity contribution in [1.82, 2.24) is 0 Å². The van der Waals surface area contributed by atoms with Crippen LogP contribution in [-0.2, 0) is 0 Å². The SMILES string of the molecule is C=C1CCC(C)(CCC/C=N/C)/C1=C/C=C\C. The standard InChI is InChI=1S/C16H25N/c1-5-6-9-15-14(2)10-12-16(15,3)11-7-8-13-17-4/h5-6,9,13H,2,7-8,10-12H2,1,3-4H3/b6-5-,15-9+,17-13+. The fraction of sp³-hybridized carbons (Fsp3) is 0.562. The van der Waals surface area contributed by atoms with Crippen molar-refractivity contribution >= 4 is 6.21 Å². The lowest BCUT2D eigenvalue weighted by Gasteiger charge is -2.25. The van der Waals surface area contributed by atoms with Crippen LogP contribution in [0.15, 0.2) is 40.9 Å². The predicted molar refractivity (Wildman–Crippen MR) is 77.6 cm³/mol. The highest BCUT2D eigenvalue weighted by Gasteiger charge is 2.34. The Bertz CT molecular complexity index is 347. The summed E-state index contributed by atoms with van der Waals surface area (Å²) in [6, 6.07) is 0. The zero-order valence-electron chi connectivity index (χ0n) is 11.5. The molecule has 0 radical (unpaired) electrons. The van der Waals surface area contributed by atoms with Crippen molar-refractivity contribution in [3.8, 4) is 0 Å². The van der Waals surface area contributed by atoms with E-state index in [9.17, 15) is 0 Å². The van der Waals surface area contributed by atoms with Crippen LogP contribution in [0.25, 0.3) is 0 Å². The molecule has 0 aromatic rings. The molecule has 1 fully saturated rings. The molecule has 0 spiro atoms. The summed E-state index contributed by atoms with van der Waals surface area (Å²) < 4.78 is 0. The van der Waals surface area contributed by atoms with Gasteiger partial charge in [0.05, 0.1) is 0 Å². The Labute approximate surface area is 106 Å². The molecule has 1 saturated carbocycles. The van der Waals surface area contributed by atoms with Gasteiger partial charge in [0.1, 0.15) is 0 Å². The molecule has 1 rings (SSSR count). The van der Waals surface area contributed by atoms with Gasteiger partial charge in [-0.1, -0.05) is 37.3 Å². The Morgan fingerprint density at radius 2 is 2.24 bits per heavy atom. The summed E-state index contributed by atoms with van der Waals surface area (Å²) in [4.78, 5) is 4.04. The second kappa shape index (κ2) is 6.58. The van der Waals surface area contributed by atoms with E-state index in [1.54, 1.807) is 0 Å². The highest BCUT2D eigenvalue weighted by molar-refractivity contribution is 5.56. The Balaban J connectivity index is 2.68. The molecular weight excluding hydrogens is 206 g/mol. The summed E-state index contributed by atoms with van der Waals surface area (Å²) in [6.07, 6.45) is 14.4. The minimum Gasteiger partial charge on any atom is -0.301 e. The second-order valence-corrected chi connectivity index (χ2v) is 5.10. The average molecular weight is 231 g/mol. The van der Waals surface area contributed by atoms with Crippen LogP contribution in [0.3, 0.4) is 0 Å². The van der Waals surface area contributed by atoms with Gasteiger partial charge in [-0.15, -0.1) is 0 Å². The van der Waals surface area contributed by atoms with E-state index in [0.717, 1.165) is 12.8 Å². The van der Waals surface area contributed by atoms with Gasteiger partial charge in [-0.3, -0.25) is 0 Å². The largest absolute Gasteiger partial charge is 0.301 e. The molecule has 1 aliphatic carbocycles. The zero-order valence-corrected chi connectivity index (χ0v) is 11.5. The van der Waals surface area contributed by atoms with Crippen molar-refractivity contribution in [1.29, 1.82) is 0 Å². The van der Waals surface area contributed by atoms with E-state index in [1.165, 1.54) is 30.4 Å². The molecule has 94 valence electrons. The molecule has 0 N–H and O–H groups in total. The number of unbranched alkanes of at least 4 members (excludes halogenated alkanes) is 1. The topological polar surface area (TPSA) is 12.4 Å². The van der Waals surface area contributed by atoms with Crippen molar-refractivity contribution in [3.05, 3.63) is 36.0 Å². The monoisotopic (exact) mass is 231 g/mol.